The lowest BCUT2D eigenvalue weighted by Gasteiger charge is -2.15. The minimum absolute atomic E-state index is 0.0629. The Morgan fingerprint density at radius 2 is 2.40 bits per heavy atom. The van der Waals surface area contributed by atoms with Crippen LogP contribution >= 0.6 is 0 Å². The summed E-state index contributed by atoms with van der Waals surface area (Å²) >= 11 is 0. The highest BCUT2D eigenvalue weighted by molar-refractivity contribution is 5.20. The van der Waals surface area contributed by atoms with Crippen LogP contribution in [-0.2, 0) is 6.54 Å². The first-order chi connectivity index (χ1) is 6.99. The number of nitro groups is 1. The molecule has 0 saturated heterocycles. The average molecular weight is 214 g/mol. The van der Waals surface area contributed by atoms with Crippen LogP contribution in [0.3, 0.4) is 0 Å². The lowest BCUT2D eigenvalue weighted by molar-refractivity contribution is -0.385. The van der Waals surface area contributed by atoms with Crippen LogP contribution in [0.15, 0.2) is 12.4 Å². The standard InChI is InChI=1S/C8H14N4O3/c1-10(2)5-8(13)6-11-4-7(3-9-11)12(14)15/h3-4,8,13H,5-6H2,1-2H3/t8-/m1/s1. The van der Waals surface area contributed by atoms with Gasteiger partial charge >= 0.3 is 5.69 Å². The van der Waals surface area contributed by atoms with Crippen LogP contribution in [0.5, 0.6) is 0 Å². The molecule has 1 N–H and O–H groups in total. The molecule has 0 unspecified atom stereocenters. The number of likely N-dealkylation sites (N-methyl/N-ethyl adjacent to an activating group) is 1. The van der Waals surface area contributed by atoms with Crippen LogP contribution in [0.2, 0.25) is 0 Å². The van der Waals surface area contributed by atoms with Crippen molar-refractivity contribution in [3.63, 3.8) is 0 Å². The Morgan fingerprint density at radius 3 is 2.87 bits per heavy atom. The van der Waals surface area contributed by atoms with Crippen molar-refractivity contribution in [3.05, 3.63) is 22.5 Å². The molecule has 1 rings (SSSR count). The highest BCUT2D eigenvalue weighted by Crippen LogP contribution is 2.08. The summed E-state index contributed by atoms with van der Waals surface area (Å²) < 4.78 is 1.37. The van der Waals surface area contributed by atoms with E-state index in [1.165, 1.54) is 17.1 Å². The molecule has 1 aromatic rings. The van der Waals surface area contributed by atoms with Gasteiger partial charge in [-0.05, 0) is 14.1 Å². The Bertz CT molecular complexity index is 336. The molecule has 1 heterocycles. The minimum atomic E-state index is -0.584. The van der Waals surface area contributed by atoms with Crippen LogP contribution in [0.1, 0.15) is 0 Å². The first kappa shape index (κ1) is 11.6. The smallest absolute Gasteiger partial charge is 0.306 e. The normalized spacial score (nSPS) is 13.1. The van der Waals surface area contributed by atoms with E-state index in [-0.39, 0.29) is 12.2 Å². The second-order valence-electron chi connectivity index (χ2n) is 3.59. The van der Waals surface area contributed by atoms with Crippen molar-refractivity contribution >= 4 is 5.69 Å². The van der Waals surface area contributed by atoms with E-state index in [2.05, 4.69) is 5.10 Å². The van der Waals surface area contributed by atoms with Gasteiger partial charge in [0.2, 0.25) is 0 Å². The lowest BCUT2D eigenvalue weighted by Crippen LogP contribution is -2.29. The van der Waals surface area contributed by atoms with E-state index >= 15 is 0 Å². The van der Waals surface area contributed by atoms with E-state index in [0.717, 1.165) is 0 Å². The molecule has 7 nitrogen and oxygen atoms in total. The predicted octanol–water partition coefficient (Wildman–Crippen LogP) is -0.286. The van der Waals surface area contributed by atoms with Gasteiger partial charge in [-0.3, -0.25) is 14.8 Å². The molecule has 0 bridgehead atoms. The number of aliphatic hydroxyl groups excluding tert-OH is 1. The predicted molar refractivity (Wildman–Crippen MR) is 53.4 cm³/mol. The first-order valence-electron chi connectivity index (χ1n) is 4.48. The molecule has 0 aromatic carbocycles. The third-order valence-electron chi connectivity index (χ3n) is 1.80. The van der Waals surface area contributed by atoms with E-state index in [4.69, 9.17) is 0 Å². The molecule has 7 heteroatoms. The Hall–Kier alpha value is -1.47. The van der Waals surface area contributed by atoms with Crippen molar-refractivity contribution in [2.75, 3.05) is 20.6 Å². The number of hydrogen-bond acceptors (Lipinski definition) is 5. The summed E-state index contributed by atoms with van der Waals surface area (Å²) in [5.74, 6) is 0. The summed E-state index contributed by atoms with van der Waals surface area (Å²) in [6.07, 6.45) is 1.89. The van der Waals surface area contributed by atoms with Gasteiger partial charge in [0.1, 0.15) is 12.4 Å². The lowest BCUT2D eigenvalue weighted by atomic mass is 10.3. The Labute approximate surface area is 87.1 Å². The van der Waals surface area contributed by atoms with Crippen molar-refractivity contribution in [3.8, 4) is 0 Å². The van der Waals surface area contributed by atoms with Gasteiger partial charge in [-0.2, -0.15) is 5.10 Å². The van der Waals surface area contributed by atoms with Gasteiger partial charge in [-0.1, -0.05) is 0 Å². The molecule has 0 aliphatic carbocycles. The number of aromatic nitrogens is 2. The van der Waals surface area contributed by atoms with E-state index in [1.807, 2.05) is 19.0 Å². The molecule has 1 aromatic heterocycles. The van der Waals surface area contributed by atoms with Gasteiger partial charge in [0.05, 0.1) is 17.6 Å². The second kappa shape index (κ2) is 4.85. The van der Waals surface area contributed by atoms with Crippen LogP contribution in [0.25, 0.3) is 0 Å². The average Bonchev–Trinajstić information content (AvgIpc) is 2.50. The quantitative estimate of drug-likeness (QED) is 0.538. The Kier molecular flexibility index (Phi) is 3.75. The van der Waals surface area contributed by atoms with Gasteiger partial charge in [0.25, 0.3) is 0 Å². The molecule has 0 radical (unpaired) electrons. The topological polar surface area (TPSA) is 84.4 Å². The molecule has 0 aliphatic rings. The molecule has 0 aliphatic heterocycles. The van der Waals surface area contributed by atoms with E-state index < -0.39 is 11.0 Å². The fourth-order valence-corrected chi connectivity index (χ4v) is 1.24. The van der Waals surface area contributed by atoms with Crippen molar-refractivity contribution in [2.24, 2.45) is 0 Å². The maximum absolute atomic E-state index is 10.4. The van der Waals surface area contributed by atoms with Crippen molar-refractivity contribution in [2.45, 2.75) is 12.6 Å². The monoisotopic (exact) mass is 214 g/mol. The summed E-state index contributed by atoms with van der Waals surface area (Å²) in [6.45, 7) is 0.750. The van der Waals surface area contributed by atoms with Crippen LogP contribution < -0.4 is 0 Å². The third-order valence-corrected chi connectivity index (χ3v) is 1.80. The van der Waals surface area contributed by atoms with E-state index in [0.29, 0.717) is 6.54 Å². The second-order valence-corrected chi connectivity index (χ2v) is 3.59. The van der Waals surface area contributed by atoms with Gasteiger partial charge in [0.15, 0.2) is 0 Å². The van der Waals surface area contributed by atoms with Crippen molar-refractivity contribution in [1.29, 1.82) is 0 Å². The molecule has 0 amide bonds. The fraction of sp³-hybridized carbons (Fsp3) is 0.625. The van der Waals surface area contributed by atoms with Crippen LogP contribution in [0.4, 0.5) is 5.69 Å². The van der Waals surface area contributed by atoms with Gasteiger partial charge < -0.3 is 10.0 Å². The molecule has 0 saturated carbocycles. The molecule has 1 atom stereocenters. The zero-order valence-corrected chi connectivity index (χ0v) is 8.70. The van der Waals surface area contributed by atoms with E-state index in [9.17, 15) is 15.2 Å². The van der Waals surface area contributed by atoms with E-state index in [1.54, 1.807) is 0 Å². The maximum Gasteiger partial charge on any atom is 0.306 e. The van der Waals surface area contributed by atoms with Crippen molar-refractivity contribution in [1.82, 2.24) is 14.7 Å². The number of aliphatic hydroxyl groups is 1. The summed E-state index contributed by atoms with van der Waals surface area (Å²) in [5, 5.41) is 23.7. The summed E-state index contributed by atoms with van der Waals surface area (Å²) in [7, 11) is 3.68. The Balaban J connectivity index is 2.53. The van der Waals surface area contributed by atoms with Gasteiger partial charge in [0, 0.05) is 6.54 Å². The SMILES string of the molecule is CN(C)C[C@@H](O)Cn1cc([N+](=O)[O-])cn1. The largest absolute Gasteiger partial charge is 0.390 e. The highest BCUT2D eigenvalue weighted by Gasteiger charge is 2.12. The van der Waals surface area contributed by atoms with Gasteiger partial charge in [-0.25, -0.2) is 0 Å². The molecule has 0 spiro atoms. The molecule has 0 fully saturated rings. The van der Waals surface area contributed by atoms with Crippen molar-refractivity contribution < 1.29 is 10.0 Å². The first-order valence-corrected chi connectivity index (χ1v) is 4.48. The van der Waals surface area contributed by atoms with Crippen LogP contribution in [0, 0.1) is 10.1 Å². The molecular formula is C8H14N4O3. The molecule has 84 valence electrons. The highest BCUT2D eigenvalue weighted by atomic mass is 16.6. The molecular weight excluding hydrogens is 200 g/mol. The number of nitrogens with zero attached hydrogens (tertiary/aromatic N) is 4. The Morgan fingerprint density at radius 1 is 1.73 bits per heavy atom. The minimum Gasteiger partial charge on any atom is -0.390 e. The summed E-state index contributed by atoms with van der Waals surface area (Å²) in [5.41, 5.74) is -0.0629. The zero-order valence-electron chi connectivity index (χ0n) is 8.70. The van der Waals surface area contributed by atoms with Gasteiger partial charge in [-0.15, -0.1) is 0 Å². The summed E-state index contributed by atoms with van der Waals surface area (Å²) in [4.78, 5) is 11.7. The maximum atomic E-state index is 10.4. The number of rotatable bonds is 5. The molecule has 15 heavy (non-hydrogen) atoms. The number of hydrogen-bond donors (Lipinski definition) is 1. The van der Waals surface area contributed by atoms with Crippen LogP contribution in [-0.4, -0.2) is 51.5 Å². The zero-order chi connectivity index (χ0) is 11.4. The fourth-order valence-electron chi connectivity index (χ4n) is 1.24. The summed E-state index contributed by atoms with van der Waals surface area (Å²) in [6, 6.07) is 0. The third kappa shape index (κ3) is 3.64.